The highest BCUT2D eigenvalue weighted by atomic mass is 19.4. The average molecular weight is 219 g/mol. The summed E-state index contributed by atoms with van der Waals surface area (Å²) in [6, 6.07) is 1.95. The predicted octanol–water partition coefficient (Wildman–Crippen LogP) is 0.727. The zero-order chi connectivity index (χ0) is 11.6. The van der Waals surface area contributed by atoms with Crippen molar-refractivity contribution in [2.75, 3.05) is 5.73 Å². The van der Waals surface area contributed by atoms with E-state index in [-0.39, 0.29) is 0 Å². The number of aromatic nitrogens is 1. The van der Waals surface area contributed by atoms with E-state index >= 15 is 0 Å². The summed E-state index contributed by atoms with van der Waals surface area (Å²) in [6.45, 7) is 0. The number of aromatic amines is 1. The third-order valence-electron chi connectivity index (χ3n) is 1.38. The number of H-pyrrole nitrogens is 1. The van der Waals surface area contributed by atoms with E-state index in [4.69, 9.17) is 11.0 Å². The van der Waals surface area contributed by atoms with E-state index in [0.29, 0.717) is 6.07 Å². The number of ether oxygens (including phenoxy) is 1. The summed E-state index contributed by atoms with van der Waals surface area (Å²) in [5.41, 5.74) is 3.22. The molecule has 0 aliphatic rings. The van der Waals surface area contributed by atoms with E-state index < -0.39 is 29.1 Å². The van der Waals surface area contributed by atoms with Crippen molar-refractivity contribution >= 4 is 5.69 Å². The fraction of sp³-hybridized carbons (Fsp3) is 0.143. The summed E-state index contributed by atoms with van der Waals surface area (Å²) in [7, 11) is 0. The Balaban J connectivity index is 3.26. The van der Waals surface area contributed by atoms with E-state index in [9.17, 15) is 18.0 Å². The van der Waals surface area contributed by atoms with Crippen LogP contribution in [0.15, 0.2) is 10.9 Å². The number of rotatable bonds is 1. The maximum absolute atomic E-state index is 11.8. The molecule has 0 radical (unpaired) electrons. The van der Waals surface area contributed by atoms with Gasteiger partial charge in [-0.05, 0) is 0 Å². The second kappa shape index (κ2) is 3.53. The van der Waals surface area contributed by atoms with E-state index in [1.54, 1.807) is 0 Å². The zero-order valence-electron chi connectivity index (χ0n) is 7.05. The molecule has 0 aromatic carbocycles. The van der Waals surface area contributed by atoms with E-state index in [2.05, 4.69) is 4.74 Å². The van der Waals surface area contributed by atoms with Crippen LogP contribution in [0.3, 0.4) is 0 Å². The van der Waals surface area contributed by atoms with Gasteiger partial charge in [-0.2, -0.15) is 5.26 Å². The summed E-state index contributed by atoms with van der Waals surface area (Å²) in [6.07, 6.45) is -4.96. The first-order chi connectivity index (χ1) is 6.83. The molecular formula is C7H4F3N3O2. The lowest BCUT2D eigenvalue weighted by molar-refractivity contribution is -0.274. The number of alkyl halides is 3. The van der Waals surface area contributed by atoms with Gasteiger partial charge in [-0.25, -0.2) is 0 Å². The molecule has 0 fully saturated rings. The number of hydrogen-bond acceptors (Lipinski definition) is 4. The van der Waals surface area contributed by atoms with Crippen LogP contribution in [-0.4, -0.2) is 11.3 Å². The number of nitrogens with two attached hydrogens (primary N) is 1. The molecule has 0 amide bonds. The average Bonchev–Trinajstić information content (AvgIpc) is 2.08. The molecule has 5 nitrogen and oxygen atoms in total. The number of halogens is 3. The Hall–Kier alpha value is -2.17. The third-order valence-corrected chi connectivity index (χ3v) is 1.38. The topological polar surface area (TPSA) is 91.9 Å². The number of anilines is 1. The molecule has 0 saturated heterocycles. The highest BCUT2D eigenvalue weighted by Crippen LogP contribution is 2.27. The number of nitrogens with zero attached hydrogens (tertiary/aromatic N) is 1. The Morgan fingerprint density at radius 1 is 1.53 bits per heavy atom. The molecule has 0 saturated carbocycles. The quantitative estimate of drug-likeness (QED) is 0.728. The maximum Gasteiger partial charge on any atom is 0.573 e. The van der Waals surface area contributed by atoms with Gasteiger partial charge in [0.25, 0.3) is 5.56 Å². The van der Waals surface area contributed by atoms with Gasteiger partial charge in [0, 0.05) is 6.07 Å². The van der Waals surface area contributed by atoms with Crippen LogP contribution in [0.25, 0.3) is 0 Å². The summed E-state index contributed by atoms with van der Waals surface area (Å²) in [5.74, 6) is -0.886. The number of nitrogen functional groups attached to an aromatic ring is 1. The van der Waals surface area contributed by atoms with E-state index in [1.165, 1.54) is 6.07 Å². The maximum atomic E-state index is 11.8. The smallest absolute Gasteiger partial charge is 0.403 e. The van der Waals surface area contributed by atoms with Gasteiger partial charge in [-0.15, -0.1) is 13.2 Å². The Morgan fingerprint density at radius 3 is 2.60 bits per heavy atom. The molecule has 80 valence electrons. The van der Waals surface area contributed by atoms with Crippen molar-refractivity contribution in [1.82, 2.24) is 4.98 Å². The molecule has 0 aliphatic carbocycles. The Labute approximate surface area is 80.9 Å². The molecule has 1 aromatic heterocycles. The predicted molar refractivity (Wildman–Crippen MR) is 42.9 cm³/mol. The van der Waals surface area contributed by atoms with Gasteiger partial charge >= 0.3 is 6.36 Å². The lowest BCUT2D eigenvalue weighted by Crippen LogP contribution is -2.20. The minimum absolute atomic E-state index is 0.471. The third kappa shape index (κ3) is 2.63. The Kier molecular flexibility index (Phi) is 2.57. The molecule has 1 aromatic rings. The Bertz CT molecular complexity index is 472. The van der Waals surface area contributed by atoms with Crippen LogP contribution in [0.2, 0.25) is 0 Å². The highest BCUT2D eigenvalue weighted by molar-refractivity contribution is 5.59. The first-order valence-electron chi connectivity index (χ1n) is 3.52. The highest BCUT2D eigenvalue weighted by Gasteiger charge is 2.32. The molecule has 0 bridgehead atoms. The standard InChI is InChI=1S/C7H4F3N3O2/c8-7(9,10)15-4-1-5(14)13-3(2-11)6(4)12/h1H,12H2,(H,13,14). The van der Waals surface area contributed by atoms with Crippen LogP contribution < -0.4 is 16.0 Å². The van der Waals surface area contributed by atoms with Gasteiger partial charge in [0.05, 0.1) is 0 Å². The van der Waals surface area contributed by atoms with E-state index in [0.717, 1.165) is 0 Å². The van der Waals surface area contributed by atoms with Crippen molar-refractivity contribution in [3.8, 4) is 11.8 Å². The van der Waals surface area contributed by atoms with Crippen molar-refractivity contribution < 1.29 is 17.9 Å². The van der Waals surface area contributed by atoms with Gasteiger partial charge in [0.2, 0.25) is 0 Å². The van der Waals surface area contributed by atoms with Crippen LogP contribution >= 0.6 is 0 Å². The fourth-order valence-electron chi connectivity index (χ4n) is 0.844. The molecular weight excluding hydrogens is 215 g/mol. The summed E-state index contributed by atoms with van der Waals surface area (Å²) < 4.78 is 38.9. The molecule has 1 rings (SSSR count). The van der Waals surface area contributed by atoms with Crippen molar-refractivity contribution in [2.45, 2.75) is 6.36 Å². The molecule has 3 N–H and O–H groups in total. The monoisotopic (exact) mass is 219 g/mol. The fourth-order valence-corrected chi connectivity index (χ4v) is 0.844. The van der Waals surface area contributed by atoms with Crippen LogP contribution in [0, 0.1) is 11.3 Å². The van der Waals surface area contributed by atoms with Crippen molar-refractivity contribution in [2.24, 2.45) is 0 Å². The van der Waals surface area contributed by atoms with Gasteiger partial charge < -0.3 is 15.5 Å². The molecule has 0 aliphatic heterocycles. The summed E-state index contributed by atoms with van der Waals surface area (Å²) in [4.78, 5) is 12.8. The van der Waals surface area contributed by atoms with Crippen molar-refractivity contribution in [3.63, 3.8) is 0 Å². The second-order valence-electron chi connectivity index (χ2n) is 2.45. The second-order valence-corrected chi connectivity index (χ2v) is 2.45. The van der Waals surface area contributed by atoms with Crippen LogP contribution in [0.4, 0.5) is 18.9 Å². The Morgan fingerprint density at radius 2 is 2.13 bits per heavy atom. The zero-order valence-corrected chi connectivity index (χ0v) is 7.05. The first kappa shape index (κ1) is 10.9. The van der Waals surface area contributed by atoms with Gasteiger partial charge in [0.15, 0.2) is 5.75 Å². The van der Waals surface area contributed by atoms with Crippen molar-refractivity contribution in [1.29, 1.82) is 5.26 Å². The number of nitrogens with one attached hydrogen (secondary N) is 1. The molecule has 0 spiro atoms. The van der Waals surface area contributed by atoms with Crippen LogP contribution in [0.5, 0.6) is 5.75 Å². The van der Waals surface area contributed by atoms with E-state index in [1.807, 2.05) is 4.98 Å². The lowest BCUT2D eigenvalue weighted by Gasteiger charge is -2.10. The van der Waals surface area contributed by atoms with Gasteiger partial charge in [-0.1, -0.05) is 0 Å². The summed E-state index contributed by atoms with van der Waals surface area (Å²) in [5, 5.41) is 8.43. The minimum atomic E-state index is -4.96. The lowest BCUT2D eigenvalue weighted by atomic mass is 10.3. The number of nitriles is 1. The summed E-state index contributed by atoms with van der Waals surface area (Å²) >= 11 is 0. The van der Waals surface area contributed by atoms with Crippen molar-refractivity contribution in [3.05, 3.63) is 22.1 Å². The minimum Gasteiger partial charge on any atom is -0.403 e. The van der Waals surface area contributed by atoms with Crippen LogP contribution in [-0.2, 0) is 0 Å². The first-order valence-corrected chi connectivity index (χ1v) is 3.52. The molecule has 0 atom stereocenters. The van der Waals surface area contributed by atoms with Gasteiger partial charge in [0.1, 0.15) is 17.5 Å². The molecule has 1 heterocycles. The molecule has 8 heteroatoms. The molecule has 15 heavy (non-hydrogen) atoms. The molecule has 0 unspecified atom stereocenters. The number of hydrogen-bond donors (Lipinski definition) is 2. The number of pyridine rings is 1. The SMILES string of the molecule is N#Cc1[nH]c(=O)cc(OC(F)(F)F)c1N. The largest absolute Gasteiger partial charge is 0.573 e. The normalized spacial score (nSPS) is 10.8. The van der Waals surface area contributed by atoms with Crippen LogP contribution in [0.1, 0.15) is 5.69 Å². The van der Waals surface area contributed by atoms with Gasteiger partial charge in [-0.3, -0.25) is 4.79 Å².